The molecule has 0 aliphatic carbocycles. The highest BCUT2D eigenvalue weighted by Gasteiger charge is 2.12. The lowest BCUT2D eigenvalue weighted by molar-refractivity contribution is 0.652. The average molecular weight is 292 g/mol. The molecule has 1 aromatic heterocycles. The molecule has 0 amide bonds. The summed E-state index contributed by atoms with van der Waals surface area (Å²) < 4.78 is 2.00. The molecule has 1 heterocycles. The Labute approximate surface area is 126 Å². The first-order chi connectivity index (χ1) is 9.60. The lowest BCUT2D eigenvalue weighted by atomic mass is 10.1. The zero-order valence-electron chi connectivity index (χ0n) is 12.6. The van der Waals surface area contributed by atoms with Gasteiger partial charge in [0.25, 0.3) is 0 Å². The van der Waals surface area contributed by atoms with Crippen LogP contribution < -0.4 is 5.32 Å². The molecule has 0 fully saturated rings. The summed E-state index contributed by atoms with van der Waals surface area (Å²) in [5, 5.41) is 8.64. The molecule has 0 saturated carbocycles. The van der Waals surface area contributed by atoms with E-state index in [-0.39, 0.29) is 6.04 Å². The van der Waals surface area contributed by atoms with E-state index in [9.17, 15) is 0 Å². The molecular weight excluding hydrogens is 270 g/mol. The maximum absolute atomic E-state index is 6.41. The number of aromatic nitrogens is 2. The van der Waals surface area contributed by atoms with E-state index in [1.807, 2.05) is 17.8 Å². The van der Waals surface area contributed by atoms with Gasteiger partial charge in [0.05, 0.1) is 11.4 Å². The van der Waals surface area contributed by atoms with Crippen molar-refractivity contribution in [1.82, 2.24) is 15.1 Å². The zero-order valence-corrected chi connectivity index (χ0v) is 13.3. The van der Waals surface area contributed by atoms with Crippen LogP contribution in [0.25, 0.3) is 5.69 Å². The SMILES string of the molecule is CCc1cc(CC)n(-c2ccc(C(C)NC)c(Cl)c2)n1. The van der Waals surface area contributed by atoms with Gasteiger partial charge in [0.1, 0.15) is 0 Å². The summed E-state index contributed by atoms with van der Waals surface area (Å²) in [6.07, 6.45) is 1.90. The number of halogens is 1. The van der Waals surface area contributed by atoms with E-state index in [1.165, 1.54) is 5.69 Å². The summed E-state index contributed by atoms with van der Waals surface area (Å²) in [4.78, 5) is 0. The Morgan fingerprint density at radius 2 is 2.00 bits per heavy atom. The molecule has 108 valence electrons. The maximum Gasteiger partial charge on any atom is 0.0663 e. The van der Waals surface area contributed by atoms with Crippen molar-refractivity contribution in [2.75, 3.05) is 7.05 Å². The minimum absolute atomic E-state index is 0.242. The van der Waals surface area contributed by atoms with Crippen LogP contribution in [-0.4, -0.2) is 16.8 Å². The maximum atomic E-state index is 6.41. The lowest BCUT2D eigenvalue weighted by Gasteiger charge is -2.14. The molecule has 20 heavy (non-hydrogen) atoms. The highest BCUT2D eigenvalue weighted by molar-refractivity contribution is 6.31. The third-order valence-electron chi connectivity index (χ3n) is 3.69. The first-order valence-electron chi connectivity index (χ1n) is 7.15. The van der Waals surface area contributed by atoms with Gasteiger partial charge in [0.2, 0.25) is 0 Å². The van der Waals surface area contributed by atoms with E-state index >= 15 is 0 Å². The second kappa shape index (κ2) is 6.42. The molecule has 0 saturated heterocycles. The number of hydrogen-bond acceptors (Lipinski definition) is 2. The van der Waals surface area contributed by atoms with Crippen LogP contribution in [0.3, 0.4) is 0 Å². The van der Waals surface area contributed by atoms with Crippen molar-refractivity contribution in [1.29, 1.82) is 0 Å². The Kier molecular flexibility index (Phi) is 4.84. The molecule has 2 rings (SSSR count). The van der Waals surface area contributed by atoms with E-state index in [0.29, 0.717) is 0 Å². The van der Waals surface area contributed by atoms with Gasteiger partial charge >= 0.3 is 0 Å². The van der Waals surface area contributed by atoms with Crippen molar-refractivity contribution < 1.29 is 0 Å². The molecule has 3 nitrogen and oxygen atoms in total. The Balaban J connectivity index is 2.43. The molecule has 0 aliphatic rings. The highest BCUT2D eigenvalue weighted by Crippen LogP contribution is 2.26. The number of aryl methyl sites for hydroxylation is 2. The van der Waals surface area contributed by atoms with Crippen LogP contribution in [0.15, 0.2) is 24.3 Å². The molecule has 0 bridgehead atoms. The third kappa shape index (κ3) is 2.89. The van der Waals surface area contributed by atoms with Gasteiger partial charge < -0.3 is 5.32 Å². The fourth-order valence-corrected chi connectivity index (χ4v) is 2.62. The van der Waals surface area contributed by atoms with Gasteiger partial charge in [-0.05, 0) is 50.6 Å². The van der Waals surface area contributed by atoms with Gasteiger partial charge in [-0.15, -0.1) is 0 Å². The monoisotopic (exact) mass is 291 g/mol. The van der Waals surface area contributed by atoms with Crippen LogP contribution in [0.1, 0.15) is 43.8 Å². The van der Waals surface area contributed by atoms with Crippen molar-refractivity contribution >= 4 is 11.6 Å². The van der Waals surface area contributed by atoms with Gasteiger partial charge in [-0.3, -0.25) is 0 Å². The minimum Gasteiger partial charge on any atom is -0.313 e. The Morgan fingerprint density at radius 1 is 1.25 bits per heavy atom. The molecule has 4 heteroatoms. The van der Waals surface area contributed by atoms with Crippen molar-refractivity contribution in [2.45, 2.75) is 39.7 Å². The molecule has 1 aromatic carbocycles. The lowest BCUT2D eigenvalue weighted by Crippen LogP contribution is -2.13. The predicted molar refractivity (Wildman–Crippen MR) is 84.8 cm³/mol. The fourth-order valence-electron chi connectivity index (χ4n) is 2.28. The highest BCUT2D eigenvalue weighted by atomic mass is 35.5. The van der Waals surface area contributed by atoms with E-state index < -0.39 is 0 Å². The van der Waals surface area contributed by atoms with Crippen molar-refractivity contribution in [3.8, 4) is 5.69 Å². The standard InChI is InChI=1S/C16H22ClN3/c1-5-12-9-13(6-2)20(19-12)14-7-8-15(11(3)18-4)16(17)10-14/h7-11,18H,5-6H2,1-4H3. The normalized spacial score (nSPS) is 12.7. The summed E-state index contributed by atoms with van der Waals surface area (Å²) >= 11 is 6.41. The summed E-state index contributed by atoms with van der Waals surface area (Å²) in [6, 6.07) is 8.56. The molecule has 1 atom stereocenters. The Hall–Kier alpha value is -1.32. The third-order valence-corrected chi connectivity index (χ3v) is 4.01. The summed E-state index contributed by atoms with van der Waals surface area (Å²) in [6.45, 7) is 6.37. The topological polar surface area (TPSA) is 29.9 Å². The first-order valence-corrected chi connectivity index (χ1v) is 7.53. The van der Waals surface area contributed by atoms with Crippen molar-refractivity contribution in [3.63, 3.8) is 0 Å². The van der Waals surface area contributed by atoms with Crippen molar-refractivity contribution in [2.24, 2.45) is 0 Å². The van der Waals surface area contributed by atoms with Crippen molar-refractivity contribution in [3.05, 3.63) is 46.2 Å². The predicted octanol–water partition coefficient (Wildman–Crippen LogP) is 3.93. The minimum atomic E-state index is 0.242. The molecule has 0 aliphatic heterocycles. The van der Waals surface area contributed by atoms with E-state index in [1.54, 1.807) is 0 Å². The van der Waals surface area contributed by atoms with Crippen LogP contribution >= 0.6 is 11.6 Å². The number of hydrogen-bond donors (Lipinski definition) is 1. The fraction of sp³-hybridized carbons (Fsp3) is 0.438. The number of rotatable bonds is 5. The second-order valence-electron chi connectivity index (χ2n) is 4.96. The summed E-state index contributed by atoms with van der Waals surface area (Å²) in [7, 11) is 1.94. The number of nitrogens with zero attached hydrogens (tertiary/aromatic N) is 2. The quantitative estimate of drug-likeness (QED) is 0.904. The van der Waals surface area contributed by atoms with E-state index in [2.05, 4.69) is 49.4 Å². The molecule has 1 unspecified atom stereocenters. The molecular formula is C16H22ClN3. The zero-order chi connectivity index (χ0) is 14.7. The van der Waals surface area contributed by atoms with Gasteiger partial charge in [-0.1, -0.05) is 31.5 Å². The average Bonchev–Trinajstić information content (AvgIpc) is 2.89. The smallest absolute Gasteiger partial charge is 0.0663 e. The van der Waals surface area contributed by atoms with Gasteiger partial charge in [0, 0.05) is 16.8 Å². The van der Waals surface area contributed by atoms with Gasteiger partial charge in [0.15, 0.2) is 0 Å². The van der Waals surface area contributed by atoms with Crippen LogP contribution in [0.2, 0.25) is 5.02 Å². The second-order valence-corrected chi connectivity index (χ2v) is 5.37. The largest absolute Gasteiger partial charge is 0.313 e. The number of benzene rings is 1. The molecule has 1 N–H and O–H groups in total. The Bertz CT molecular complexity index is 589. The summed E-state index contributed by atoms with van der Waals surface area (Å²) in [5.41, 5.74) is 4.47. The van der Waals surface area contributed by atoms with Crippen LogP contribution in [0.4, 0.5) is 0 Å². The van der Waals surface area contributed by atoms with E-state index in [0.717, 1.165) is 34.8 Å². The van der Waals surface area contributed by atoms with E-state index in [4.69, 9.17) is 11.6 Å². The van der Waals surface area contributed by atoms with Crippen LogP contribution in [0, 0.1) is 0 Å². The molecule has 0 spiro atoms. The number of nitrogens with one attached hydrogen (secondary N) is 1. The van der Waals surface area contributed by atoms with Crippen LogP contribution in [-0.2, 0) is 12.8 Å². The van der Waals surface area contributed by atoms with Gasteiger partial charge in [-0.2, -0.15) is 5.10 Å². The van der Waals surface area contributed by atoms with Crippen LogP contribution in [0.5, 0.6) is 0 Å². The first kappa shape index (κ1) is 15.1. The molecule has 0 radical (unpaired) electrons. The molecule has 2 aromatic rings. The van der Waals surface area contributed by atoms with Gasteiger partial charge in [-0.25, -0.2) is 4.68 Å². The summed E-state index contributed by atoms with van der Waals surface area (Å²) in [5.74, 6) is 0. The Morgan fingerprint density at radius 3 is 2.55 bits per heavy atom.